The number of anilines is 1. The minimum atomic E-state index is -1.37. The van der Waals surface area contributed by atoms with Gasteiger partial charge in [-0.05, 0) is 45.4 Å². The summed E-state index contributed by atoms with van der Waals surface area (Å²) in [5, 5.41) is 31.6. The Morgan fingerprint density at radius 3 is 2.46 bits per heavy atom. The van der Waals surface area contributed by atoms with E-state index in [4.69, 9.17) is 15.6 Å². The van der Waals surface area contributed by atoms with Crippen LogP contribution in [0.2, 0.25) is 0 Å². The molecule has 1 aromatic rings. The zero-order valence-corrected chi connectivity index (χ0v) is 13.9. The van der Waals surface area contributed by atoms with Gasteiger partial charge >= 0.3 is 12.1 Å². The van der Waals surface area contributed by atoms with Gasteiger partial charge in [0.15, 0.2) is 0 Å². The van der Waals surface area contributed by atoms with E-state index < -0.39 is 29.9 Å². The van der Waals surface area contributed by atoms with Gasteiger partial charge in [0.25, 0.3) is 0 Å². The number of amides is 1. The first-order chi connectivity index (χ1) is 11.0. The van der Waals surface area contributed by atoms with Crippen LogP contribution in [0.15, 0.2) is 18.2 Å². The zero-order chi connectivity index (χ0) is 18.5. The quantitative estimate of drug-likeness (QED) is 0.491. The van der Waals surface area contributed by atoms with Crippen molar-refractivity contribution in [3.8, 4) is 0 Å². The maximum atomic E-state index is 11.5. The molecule has 0 fully saturated rings. The Balaban J connectivity index is 2.62. The van der Waals surface area contributed by atoms with Gasteiger partial charge in [0.05, 0.1) is 11.7 Å². The molecular formula is C16H24N2O6. The van der Waals surface area contributed by atoms with Crippen LogP contribution >= 0.6 is 0 Å². The summed E-state index contributed by atoms with van der Waals surface area (Å²) >= 11 is 0. The van der Waals surface area contributed by atoms with Crippen molar-refractivity contribution < 1.29 is 29.6 Å². The molecule has 2 atom stereocenters. The summed E-state index contributed by atoms with van der Waals surface area (Å²) in [6.45, 7) is 5.25. The van der Waals surface area contributed by atoms with Gasteiger partial charge in [-0.25, -0.2) is 9.59 Å². The first-order valence-electron chi connectivity index (χ1n) is 7.47. The topological polar surface area (TPSA) is 142 Å². The third-order valence-electron chi connectivity index (χ3n) is 3.13. The number of alkyl carbamates (subject to hydrolysis) is 1. The van der Waals surface area contributed by atoms with Crippen LogP contribution in [-0.2, 0) is 4.74 Å². The highest BCUT2D eigenvalue weighted by Crippen LogP contribution is 2.25. The van der Waals surface area contributed by atoms with Gasteiger partial charge < -0.3 is 31.1 Å². The summed E-state index contributed by atoms with van der Waals surface area (Å²) in [6.07, 6.45) is -3.19. The van der Waals surface area contributed by atoms with Crippen molar-refractivity contribution in [3.05, 3.63) is 29.3 Å². The number of carboxylic acid groups (broad SMARTS) is 1. The van der Waals surface area contributed by atoms with Gasteiger partial charge in [0.1, 0.15) is 11.7 Å². The zero-order valence-electron chi connectivity index (χ0n) is 13.9. The predicted molar refractivity (Wildman–Crippen MR) is 87.6 cm³/mol. The maximum Gasteiger partial charge on any atom is 0.407 e. The first-order valence-corrected chi connectivity index (χ1v) is 7.47. The summed E-state index contributed by atoms with van der Waals surface area (Å²) in [7, 11) is 0. The van der Waals surface area contributed by atoms with E-state index in [9.17, 15) is 19.8 Å². The molecule has 6 N–H and O–H groups in total. The van der Waals surface area contributed by atoms with Gasteiger partial charge in [0.2, 0.25) is 0 Å². The number of nitrogens with two attached hydrogens (primary N) is 1. The normalized spacial score (nSPS) is 13.9. The van der Waals surface area contributed by atoms with E-state index in [1.54, 1.807) is 20.8 Å². The first kappa shape index (κ1) is 19.7. The standard InChI is InChI=1S/C16H24N2O6/c1-16(2,3)24-15(23)18-7-6-12(19)13(20)10-8-9(14(21)22)4-5-11(10)17/h4-5,8,12-13,19-20H,6-7,17H2,1-3H3,(H,18,23)(H,21,22). The van der Waals surface area contributed by atoms with Gasteiger partial charge in [0, 0.05) is 17.8 Å². The summed E-state index contributed by atoms with van der Waals surface area (Å²) in [5.74, 6) is -1.16. The number of carbonyl (C=O) groups is 2. The number of nitrogens with one attached hydrogen (secondary N) is 1. The van der Waals surface area contributed by atoms with Crippen LogP contribution in [0.3, 0.4) is 0 Å². The summed E-state index contributed by atoms with van der Waals surface area (Å²) in [6, 6.07) is 3.88. The van der Waals surface area contributed by atoms with Crippen molar-refractivity contribution in [3.63, 3.8) is 0 Å². The summed E-state index contributed by atoms with van der Waals surface area (Å²) in [4.78, 5) is 22.5. The molecule has 24 heavy (non-hydrogen) atoms. The Kier molecular flexibility index (Phi) is 6.56. The number of carboxylic acids is 1. The number of aromatic carboxylic acids is 1. The van der Waals surface area contributed by atoms with E-state index in [-0.39, 0.29) is 29.8 Å². The molecular weight excluding hydrogens is 316 g/mol. The molecule has 2 unspecified atom stereocenters. The lowest BCUT2D eigenvalue weighted by Gasteiger charge is -2.22. The lowest BCUT2D eigenvalue weighted by molar-refractivity contribution is 0.0126. The fourth-order valence-corrected chi connectivity index (χ4v) is 1.97. The van der Waals surface area contributed by atoms with Crippen molar-refractivity contribution in [2.45, 2.75) is 45.0 Å². The van der Waals surface area contributed by atoms with E-state index in [0.29, 0.717) is 0 Å². The van der Waals surface area contributed by atoms with Crippen molar-refractivity contribution in [2.24, 2.45) is 0 Å². The van der Waals surface area contributed by atoms with Crippen LogP contribution < -0.4 is 11.1 Å². The number of carbonyl (C=O) groups excluding carboxylic acids is 1. The highest BCUT2D eigenvalue weighted by atomic mass is 16.6. The Morgan fingerprint density at radius 1 is 1.29 bits per heavy atom. The molecule has 1 amide bonds. The number of aliphatic hydroxyl groups excluding tert-OH is 2. The highest BCUT2D eigenvalue weighted by Gasteiger charge is 2.22. The van der Waals surface area contributed by atoms with Crippen molar-refractivity contribution in [2.75, 3.05) is 12.3 Å². The van der Waals surface area contributed by atoms with E-state index >= 15 is 0 Å². The van der Waals surface area contributed by atoms with Crippen molar-refractivity contribution >= 4 is 17.7 Å². The highest BCUT2D eigenvalue weighted by molar-refractivity contribution is 5.88. The van der Waals surface area contributed by atoms with Crippen LogP contribution in [0.5, 0.6) is 0 Å². The van der Waals surface area contributed by atoms with Crippen LogP contribution in [0.25, 0.3) is 0 Å². The minimum Gasteiger partial charge on any atom is -0.478 e. The molecule has 8 nitrogen and oxygen atoms in total. The fourth-order valence-electron chi connectivity index (χ4n) is 1.97. The molecule has 0 bridgehead atoms. The number of rotatable bonds is 6. The molecule has 1 aromatic carbocycles. The number of benzene rings is 1. The van der Waals surface area contributed by atoms with Crippen LogP contribution in [-0.4, -0.2) is 45.6 Å². The van der Waals surface area contributed by atoms with E-state index in [1.807, 2.05) is 0 Å². The van der Waals surface area contributed by atoms with Crippen molar-refractivity contribution in [1.29, 1.82) is 0 Å². The number of hydrogen-bond donors (Lipinski definition) is 5. The Morgan fingerprint density at radius 2 is 1.92 bits per heavy atom. The molecule has 0 saturated heterocycles. The van der Waals surface area contributed by atoms with Gasteiger partial charge in [-0.15, -0.1) is 0 Å². The smallest absolute Gasteiger partial charge is 0.407 e. The third kappa shape index (κ3) is 6.05. The number of aliphatic hydroxyl groups is 2. The lowest BCUT2D eigenvalue weighted by Crippen LogP contribution is -2.34. The monoisotopic (exact) mass is 340 g/mol. The maximum absolute atomic E-state index is 11.5. The Hall–Kier alpha value is -2.32. The van der Waals surface area contributed by atoms with Gasteiger partial charge in [-0.1, -0.05) is 0 Å². The second-order valence-electron chi connectivity index (χ2n) is 6.38. The van der Waals surface area contributed by atoms with Crippen LogP contribution in [0.4, 0.5) is 10.5 Å². The lowest BCUT2D eigenvalue weighted by atomic mass is 9.98. The van der Waals surface area contributed by atoms with Crippen LogP contribution in [0.1, 0.15) is 49.2 Å². The summed E-state index contributed by atoms with van der Waals surface area (Å²) in [5.41, 5.74) is 5.34. The molecule has 0 radical (unpaired) electrons. The molecule has 8 heteroatoms. The molecule has 0 saturated carbocycles. The molecule has 0 aliphatic carbocycles. The summed E-state index contributed by atoms with van der Waals surface area (Å²) < 4.78 is 5.05. The molecule has 0 aliphatic heterocycles. The second kappa shape index (κ2) is 7.98. The average Bonchev–Trinajstić information content (AvgIpc) is 2.44. The molecule has 1 rings (SSSR count). The Bertz CT molecular complexity index is 597. The van der Waals surface area contributed by atoms with Gasteiger partial charge in [-0.2, -0.15) is 0 Å². The molecule has 134 valence electrons. The van der Waals surface area contributed by atoms with Crippen molar-refractivity contribution in [1.82, 2.24) is 5.32 Å². The van der Waals surface area contributed by atoms with E-state index in [1.165, 1.54) is 18.2 Å². The molecule has 0 aromatic heterocycles. The molecule has 0 aliphatic rings. The fraction of sp³-hybridized carbons (Fsp3) is 0.500. The van der Waals surface area contributed by atoms with Crippen LogP contribution in [0, 0.1) is 0 Å². The molecule has 0 spiro atoms. The second-order valence-corrected chi connectivity index (χ2v) is 6.38. The van der Waals surface area contributed by atoms with E-state index in [2.05, 4.69) is 5.32 Å². The Labute approximate surface area is 140 Å². The van der Waals surface area contributed by atoms with Gasteiger partial charge in [-0.3, -0.25) is 0 Å². The predicted octanol–water partition coefficient (Wildman–Crippen LogP) is 1.28. The number of ether oxygens (including phenoxy) is 1. The largest absolute Gasteiger partial charge is 0.478 e. The molecule has 0 heterocycles. The van der Waals surface area contributed by atoms with E-state index in [0.717, 1.165) is 0 Å². The third-order valence-corrected chi connectivity index (χ3v) is 3.13. The number of hydrogen-bond acceptors (Lipinski definition) is 6. The minimum absolute atomic E-state index is 0.0388. The number of nitrogen functional groups attached to an aromatic ring is 1. The average molecular weight is 340 g/mol. The SMILES string of the molecule is CC(C)(C)OC(=O)NCCC(O)C(O)c1cc(C(=O)O)ccc1N.